The van der Waals surface area contributed by atoms with Crippen LogP contribution >= 0.6 is 0 Å². The van der Waals surface area contributed by atoms with Gasteiger partial charge in [-0.25, -0.2) is 4.68 Å². The molecule has 8 nitrogen and oxygen atoms in total. The van der Waals surface area contributed by atoms with Gasteiger partial charge in [0.05, 0.1) is 11.6 Å². The van der Waals surface area contributed by atoms with Crippen LogP contribution in [0.5, 0.6) is 0 Å². The molecule has 1 unspecified atom stereocenters. The summed E-state index contributed by atoms with van der Waals surface area (Å²) < 4.78 is 2.06. The number of pyridine rings is 1. The van der Waals surface area contributed by atoms with Crippen molar-refractivity contribution in [2.24, 2.45) is 0 Å². The SMILES string of the molecule is CCN(CC)C1(c2nnnn2C2CCCC2)CCN(C(=O)c2cnccc2C)C1. The third-order valence-corrected chi connectivity index (χ3v) is 6.75. The smallest absolute Gasteiger partial charge is 0.255 e. The average Bonchev–Trinajstić information content (AvgIpc) is 3.48. The van der Waals surface area contributed by atoms with E-state index < -0.39 is 0 Å². The van der Waals surface area contributed by atoms with Crippen LogP contribution in [0.4, 0.5) is 0 Å². The number of aryl methyl sites for hydroxylation is 1. The van der Waals surface area contributed by atoms with Gasteiger partial charge in [0.2, 0.25) is 0 Å². The van der Waals surface area contributed by atoms with Gasteiger partial charge in [0.1, 0.15) is 5.54 Å². The molecular weight excluding hydrogens is 366 g/mol. The molecule has 2 aromatic heterocycles. The Morgan fingerprint density at radius 3 is 2.72 bits per heavy atom. The Morgan fingerprint density at radius 2 is 2.03 bits per heavy atom. The molecule has 1 saturated heterocycles. The lowest BCUT2D eigenvalue weighted by atomic mass is 9.94. The molecule has 0 bridgehead atoms. The molecule has 8 heteroatoms. The van der Waals surface area contributed by atoms with Crippen LogP contribution in [0.15, 0.2) is 18.5 Å². The molecule has 1 amide bonds. The highest BCUT2D eigenvalue weighted by molar-refractivity contribution is 5.95. The quantitative estimate of drug-likeness (QED) is 0.745. The van der Waals surface area contributed by atoms with Crippen molar-refractivity contribution in [3.63, 3.8) is 0 Å². The lowest BCUT2D eigenvalue weighted by molar-refractivity contribution is 0.0660. The molecule has 1 aliphatic carbocycles. The topological polar surface area (TPSA) is 80.0 Å². The molecule has 4 rings (SSSR count). The van der Waals surface area contributed by atoms with Gasteiger partial charge in [0.15, 0.2) is 5.82 Å². The lowest BCUT2D eigenvalue weighted by Gasteiger charge is -2.39. The Balaban J connectivity index is 1.69. The van der Waals surface area contributed by atoms with Crippen LogP contribution in [0.1, 0.15) is 73.7 Å². The van der Waals surface area contributed by atoms with Crippen molar-refractivity contribution in [2.75, 3.05) is 26.2 Å². The third-order valence-electron chi connectivity index (χ3n) is 6.75. The monoisotopic (exact) mass is 397 g/mol. The van der Waals surface area contributed by atoms with Crippen LogP contribution in [-0.2, 0) is 5.54 Å². The fraction of sp³-hybridized carbons (Fsp3) is 0.667. The third kappa shape index (κ3) is 3.43. The summed E-state index contributed by atoms with van der Waals surface area (Å²) in [5.74, 6) is 0.968. The Bertz CT molecular complexity index is 856. The van der Waals surface area contributed by atoms with E-state index in [1.54, 1.807) is 12.4 Å². The first-order valence-corrected chi connectivity index (χ1v) is 10.8. The fourth-order valence-electron chi connectivity index (χ4n) is 5.13. The second-order valence-corrected chi connectivity index (χ2v) is 8.26. The van der Waals surface area contributed by atoms with E-state index in [4.69, 9.17) is 0 Å². The number of carbonyl (C=O) groups is 1. The van der Waals surface area contributed by atoms with E-state index in [1.165, 1.54) is 12.8 Å². The molecule has 2 fully saturated rings. The fourth-order valence-corrected chi connectivity index (χ4v) is 5.13. The summed E-state index contributed by atoms with van der Waals surface area (Å²) in [5.41, 5.74) is 1.29. The summed E-state index contributed by atoms with van der Waals surface area (Å²) in [5, 5.41) is 13.0. The second kappa shape index (κ2) is 8.18. The van der Waals surface area contributed by atoms with E-state index in [9.17, 15) is 4.79 Å². The molecule has 3 heterocycles. The summed E-state index contributed by atoms with van der Waals surface area (Å²) in [4.78, 5) is 21.8. The maximum absolute atomic E-state index is 13.3. The van der Waals surface area contributed by atoms with Gasteiger partial charge in [-0.2, -0.15) is 0 Å². The van der Waals surface area contributed by atoms with Crippen LogP contribution in [0.2, 0.25) is 0 Å². The maximum atomic E-state index is 13.3. The molecule has 1 atom stereocenters. The predicted molar refractivity (Wildman–Crippen MR) is 109 cm³/mol. The Hall–Kier alpha value is -2.35. The summed E-state index contributed by atoms with van der Waals surface area (Å²) >= 11 is 0. The van der Waals surface area contributed by atoms with Crippen LogP contribution < -0.4 is 0 Å². The molecule has 1 aliphatic heterocycles. The molecule has 2 aromatic rings. The molecule has 156 valence electrons. The standard InChI is InChI=1S/C21H31N7O/c1-4-27(5-2)21(20-23-24-25-28(20)17-8-6-7-9-17)11-13-26(15-21)19(29)18-14-22-12-10-16(18)3/h10,12,14,17H,4-9,11,13,15H2,1-3H3. The number of amides is 1. The second-order valence-electron chi connectivity index (χ2n) is 8.26. The first-order valence-electron chi connectivity index (χ1n) is 10.8. The highest BCUT2D eigenvalue weighted by atomic mass is 16.2. The minimum absolute atomic E-state index is 0.0459. The number of tetrazole rings is 1. The van der Waals surface area contributed by atoms with Gasteiger partial charge in [-0.05, 0) is 61.3 Å². The number of hydrogen-bond acceptors (Lipinski definition) is 6. The van der Waals surface area contributed by atoms with Gasteiger partial charge in [-0.15, -0.1) is 5.10 Å². The Labute approximate surface area is 172 Å². The van der Waals surface area contributed by atoms with Crippen LogP contribution in [0, 0.1) is 6.92 Å². The Kier molecular flexibility index (Phi) is 5.63. The van der Waals surface area contributed by atoms with Gasteiger partial charge in [-0.3, -0.25) is 14.7 Å². The van der Waals surface area contributed by atoms with Gasteiger partial charge < -0.3 is 4.90 Å². The number of aromatic nitrogens is 5. The minimum Gasteiger partial charge on any atom is -0.336 e. The van der Waals surface area contributed by atoms with Crippen molar-refractivity contribution < 1.29 is 4.79 Å². The largest absolute Gasteiger partial charge is 0.336 e. The van der Waals surface area contributed by atoms with Gasteiger partial charge >= 0.3 is 0 Å². The minimum atomic E-state index is -0.346. The summed E-state index contributed by atoms with van der Waals surface area (Å²) in [6.45, 7) is 9.39. The molecule has 0 aromatic carbocycles. The highest BCUT2D eigenvalue weighted by Crippen LogP contribution is 2.40. The van der Waals surface area contributed by atoms with Crippen molar-refractivity contribution in [1.29, 1.82) is 0 Å². The number of likely N-dealkylation sites (N-methyl/N-ethyl adjacent to an activating group) is 1. The maximum Gasteiger partial charge on any atom is 0.255 e. The van der Waals surface area contributed by atoms with E-state index in [-0.39, 0.29) is 11.4 Å². The first-order chi connectivity index (χ1) is 14.1. The summed E-state index contributed by atoms with van der Waals surface area (Å²) in [6.07, 6.45) is 8.96. The highest BCUT2D eigenvalue weighted by Gasteiger charge is 2.49. The average molecular weight is 398 g/mol. The van der Waals surface area contributed by atoms with Gasteiger partial charge in [0.25, 0.3) is 5.91 Å². The van der Waals surface area contributed by atoms with Crippen molar-refractivity contribution in [3.05, 3.63) is 35.4 Å². The zero-order valence-electron chi connectivity index (χ0n) is 17.7. The molecule has 1 saturated carbocycles. The zero-order valence-corrected chi connectivity index (χ0v) is 17.7. The van der Waals surface area contributed by atoms with Crippen molar-refractivity contribution in [3.8, 4) is 0 Å². The molecule has 0 N–H and O–H groups in total. The normalized spacial score (nSPS) is 22.7. The molecule has 0 radical (unpaired) electrons. The van der Waals surface area contributed by atoms with Crippen molar-refractivity contribution in [2.45, 2.75) is 64.5 Å². The lowest BCUT2D eigenvalue weighted by Crippen LogP contribution is -2.50. The first kappa shape index (κ1) is 19.9. The van der Waals surface area contributed by atoms with Gasteiger partial charge in [0, 0.05) is 25.5 Å². The van der Waals surface area contributed by atoms with E-state index >= 15 is 0 Å². The molecule has 29 heavy (non-hydrogen) atoms. The number of hydrogen-bond donors (Lipinski definition) is 0. The van der Waals surface area contributed by atoms with Crippen molar-refractivity contribution in [1.82, 2.24) is 35.0 Å². The molecule has 0 spiro atoms. The summed E-state index contributed by atoms with van der Waals surface area (Å²) in [7, 11) is 0. The predicted octanol–water partition coefficient (Wildman–Crippen LogP) is 2.57. The van der Waals surface area contributed by atoms with Crippen LogP contribution in [0.25, 0.3) is 0 Å². The number of likely N-dealkylation sites (tertiary alicyclic amines) is 1. The Morgan fingerprint density at radius 1 is 1.28 bits per heavy atom. The zero-order chi connectivity index (χ0) is 20.4. The van der Waals surface area contributed by atoms with E-state index in [0.717, 1.165) is 43.7 Å². The van der Waals surface area contributed by atoms with Gasteiger partial charge in [-0.1, -0.05) is 26.7 Å². The van der Waals surface area contributed by atoms with Crippen molar-refractivity contribution >= 4 is 5.91 Å². The molecule has 2 aliphatic rings. The number of rotatable bonds is 6. The molecular formula is C21H31N7O. The number of carbonyl (C=O) groups excluding carboxylic acids is 1. The van der Waals surface area contributed by atoms with E-state index in [0.29, 0.717) is 24.7 Å². The summed E-state index contributed by atoms with van der Waals surface area (Å²) in [6, 6.07) is 2.26. The van der Waals surface area contributed by atoms with Crippen LogP contribution in [0.3, 0.4) is 0 Å². The van der Waals surface area contributed by atoms with E-state index in [1.807, 2.05) is 17.9 Å². The van der Waals surface area contributed by atoms with E-state index in [2.05, 4.69) is 43.9 Å². The van der Waals surface area contributed by atoms with Crippen LogP contribution in [-0.4, -0.2) is 67.1 Å². The number of nitrogens with zero attached hydrogens (tertiary/aromatic N) is 7.